The summed E-state index contributed by atoms with van der Waals surface area (Å²) >= 11 is 0. The molecule has 0 spiro atoms. The van der Waals surface area contributed by atoms with Crippen molar-refractivity contribution in [2.24, 2.45) is 0 Å². The molecule has 98 valence electrons. The molecule has 4 nitrogen and oxygen atoms in total. The second-order valence-corrected chi connectivity index (χ2v) is 4.57. The van der Waals surface area contributed by atoms with E-state index >= 15 is 0 Å². The third-order valence-corrected chi connectivity index (χ3v) is 3.23. The van der Waals surface area contributed by atoms with Gasteiger partial charge >= 0.3 is 5.97 Å². The number of aromatic amines is 1. The van der Waals surface area contributed by atoms with Gasteiger partial charge in [0, 0.05) is 12.2 Å². The number of allylic oxidation sites excluding steroid dienone is 1. The van der Waals surface area contributed by atoms with Crippen LogP contribution in [-0.4, -0.2) is 24.6 Å². The number of H-pyrrole nitrogens is 1. The second-order valence-electron chi connectivity index (χ2n) is 4.57. The predicted molar refractivity (Wildman–Crippen MR) is 70.4 cm³/mol. The number of hydrogen-bond donors (Lipinski definition) is 2. The Morgan fingerprint density at radius 1 is 1.50 bits per heavy atom. The average molecular weight is 248 g/mol. The molecule has 18 heavy (non-hydrogen) atoms. The van der Waals surface area contributed by atoms with Crippen LogP contribution in [0.1, 0.15) is 41.9 Å². The minimum Gasteiger partial charge on any atom is -0.464 e. The number of nitrogens with one attached hydrogen (secondary N) is 2. The monoisotopic (exact) mass is 248 g/mol. The van der Waals surface area contributed by atoms with E-state index in [2.05, 4.69) is 21.1 Å². The van der Waals surface area contributed by atoms with Gasteiger partial charge in [-0.05, 0) is 44.4 Å². The number of rotatable bonds is 6. The number of methoxy groups -OCH3 is 1. The fourth-order valence-corrected chi connectivity index (χ4v) is 2.21. The topological polar surface area (TPSA) is 54.1 Å². The summed E-state index contributed by atoms with van der Waals surface area (Å²) in [6.45, 7) is 1.74. The van der Waals surface area contributed by atoms with E-state index in [-0.39, 0.29) is 5.97 Å². The third-order valence-electron chi connectivity index (χ3n) is 3.23. The van der Waals surface area contributed by atoms with E-state index in [4.69, 9.17) is 0 Å². The molecule has 4 heteroatoms. The van der Waals surface area contributed by atoms with Gasteiger partial charge in [0.15, 0.2) is 0 Å². The Kier molecular flexibility index (Phi) is 4.59. The Balaban J connectivity index is 1.70. The van der Waals surface area contributed by atoms with E-state index < -0.39 is 0 Å². The van der Waals surface area contributed by atoms with Crippen molar-refractivity contribution in [3.05, 3.63) is 35.2 Å². The molecule has 1 aliphatic rings. The molecule has 0 amide bonds. The number of hydrogen-bond acceptors (Lipinski definition) is 3. The molecule has 1 aliphatic carbocycles. The fourth-order valence-electron chi connectivity index (χ4n) is 2.21. The maximum Gasteiger partial charge on any atom is 0.354 e. The van der Waals surface area contributed by atoms with Crippen molar-refractivity contribution in [1.29, 1.82) is 0 Å². The molecule has 0 atom stereocenters. The van der Waals surface area contributed by atoms with Crippen LogP contribution in [-0.2, 0) is 11.3 Å². The minimum absolute atomic E-state index is 0.322. The highest BCUT2D eigenvalue weighted by Gasteiger charge is 2.07. The van der Waals surface area contributed by atoms with Crippen LogP contribution in [0.4, 0.5) is 0 Å². The molecule has 0 saturated carbocycles. The average Bonchev–Trinajstić information content (AvgIpc) is 3.05. The molecular weight excluding hydrogens is 228 g/mol. The molecule has 0 aliphatic heterocycles. The molecule has 1 aromatic heterocycles. The van der Waals surface area contributed by atoms with Crippen molar-refractivity contribution in [2.75, 3.05) is 13.7 Å². The van der Waals surface area contributed by atoms with Crippen LogP contribution in [0.2, 0.25) is 0 Å². The zero-order chi connectivity index (χ0) is 12.8. The third kappa shape index (κ3) is 3.47. The lowest BCUT2D eigenvalue weighted by atomic mass is 10.2. The van der Waals surface area contributed by atoms with Crippen LogP contribution in [0.25, 0.3) is 0 Å². The molecule has 1 aromatic rings. The first-order chi connectivity index (χ1) is 8.79. The van der Waals surface area contributed by atoms with E-state index in [0.717, 1.165) is 25.2 Å². The summed E-state index contributed by atoms with van der Waals surface area (Å²) in [6, 6.07) is 3.66. The summed E-state index contributed by atoms with van der Waals surface area (Å²) in [6.07, 6.45) is 7.30. The lowest BCUT2D eigenvalue weighted by molar-refractivity contribution is 0.0594. The second kappa shape index (κ2) is 6.40. The Bertz CT molecular complexity index is 435. The highest BCUT2D eigenvalue weighted by atomic mass is 16.5. The largest absolute Gasteiger partial charge is 0.464 e. The van der Waals surface area contributed by atoms with Crippen molar-refractivity contribution in [1.82, 2.24) is 10.3 Å². The highest BCUT2D eigenvalue weighted by Crippen LogP contribution is 2.19. The van der Waals surface area contributed by atoms with Crippen molar-refractivity contribution >= 4 is 5.97 Å². The summed E-state index contributed by atoms with van der Waals surface area (Å²) in [5, 5.41) is 3.37. The van der Waals surface area contributed by atoms with Crippen LogP contribution in [0.3, 0.4) is 0 Å². The molecule has 1 heterocycles. The predicted octanol–water partition coefficient (Wildman–Crippen LogP) is 2.39. The number of esters is 1. The summed E-state index contributed by atoms with van der Waals surface area (Å²) in [5.41, 5.74) is 3.09. The van der Waals surface area contributed by atoms with Crippen molar-refractivity contribution in [3.63, 3.8) is 0 Å². The first-order valence-corrected chi connectivity index (χ1v) is 6.44. The number of carbonyl (C=O) groups is 1. The lowest BCUT2D eigenvalue weighted by Crippen LogP contribution is -2.15. The van der Waals surface area contributed by atoms with E-state index in [1.807, 2.05) is 6.07 Å². The highest BCUT2D eigenvalue weighted by molar-refractivity contribution is 5.87. The summed E-state index contributed by atoms with van der Waals surface area (Å²) in [5.74, 6) is -0.322. The van der Waals surface area contributed by atoms with Gasteiger partial charge in [-0.3, -0.25) is 0 Å². The first-order valence-electron chi connectivity index (χ1n) is 6.44. The van der Waals surface area contributed by atoms with E-state index in [1.165, 1.54) is 26.4 Å². The fraction of sp³-hybridized carbons (Fsp3) is 0.500. The van der Waals surface area contributed by atoms with Gasteiger partial charge in [-0.25, -0.2) is 4.79 Å². The zero-order valence-electron chi connectivity index (χ0n) is 10.8. The quantitative estimate of drug-likeness (QED) is 0.462. The van der Waals surface area contributed by atoms with E-state index in [0.29, 0.717) is 5.69 Å². The van der Waals surface area contributed by atoms with E-state index in [1.54, 1.807) is 11.6 Å². The molecule has 2 N–H and O–H groups in total. The maximum atomic E-state index is 11.2. The summed E-state index contributed by atoms with van der Waals surface area (Å²) in [4.78, 5) is 14.3. The SMILES string of the molecule is COC(=O)c1ccc(CNCCC2=CCCC2)[nH]1. The molecule has 0 unspecified atom stereocenters. The number of aromatic nitrogens is 1. The van der Waals surface area contributed by atoms with Gasteiger partial charge in [-0.15, -0.1) is 0 Å². The summed E-state index contributed by atoms with van der Waals surface area (Å²) in [7, 11) is 1.39. The zero-order valence-corrected chi connectivity index (χ0v) is 10.8. The van der Waals surface area contributed by atoms with Crippen LogP contribution in [0.5, 0.6) is 0 Å². The van der Waals surface area contributed by atoms with Gasteiger partial charge < -0.3 is 15.0 Å². The van der Waals surface area contributed by atoms with Gasteiger partial charge in [-0.2, -0.15) is 0 Å². The first kappa shape index (κ1) is 12.9. The van der Waals surface area contributed by atoms with Gasteiger partial charge in [0.05, 0.1) is 7.11 Å². The Morgan fingerprint density at radius 2 is 2.39 bits per heavy atom. The molecule has 0 saturated heterocycles. The molecule has 0 aromatic carbocycles. The van der Waals surface area contributed by atoms with Gasteiger partial charge in [-0.1, -0.05) is 11.6 Å². The van der Waals surface area contributed by atoms with Crippen LogP contribution in [0, 0.1) is 0 Å². The Morgan fingerprint density at radius 3 is 3.11 bits per heavy atom. The summed E-state index contributed by atoms with van der Waals surface area (Å²) < 4.78 is 4.64. The lowest BCUT2D eigenvalue weighted by Gasteiger charge is -2.04. The van der Waals surface area contributed by atoms with Crippen molar-refractivity contribution in [3.8, 4) is 0 Å². The van der Waals surface area contributed by atoms with Gasteiger partial charge in [0.1, 0.15) is 5.69 Å². The van der Waals surface area contributed by atoms with Crippen molar-refractivity contribution in [2.45, 2.75) is 32.2 Å². The molecule has 0 fully saturated rings. The Hall–Kier alpha value is -1.55. The van der Waals surface area contributed by atoms with Crippen molar-refractivity contribution < 1.29 is 9.53 Å². The Labute approximate surface area is 107 Å². The molecule has 0 radical (unpaired) electrons. The molecule has 0 bridgehead atoms. The standard InChI is InChI=1S/C14H20N2O2/c1-18-14(17)13-7-6-12(16-13)10-15-9-8-11-4-2-3-5-11/h4,6-7,15-16H,2-3,5,8-10H2,1H3. The molecule has 2 rings (SSSR count). The van der Waals surface area contributed by atoms with Gasteiger partial charge in [0.25, 0.3) is 0 Å². The van der Waals surface area contributed by atoms with Crippen LogP contribution >= 0.6 is 0 Å². The maximum absolute atomic E-state index is 11.2. The minimum atomic E-state index is -0.322. The molecular formula is C14H20N2O2. The smallest absolute Gasteiger partial charge is 0.354 e. The van der Waals surface area contributed by atoms with E-state index in [9.17, 15) is 4.79 Å². The number of ether oxygens (including phenoxy) is 1. The van der Waals surface area contributed by atoms with Crippen LogP contribution < -0.4 is 5.32 Å². The van der Waals surface area contributed by atoms with Crippen LogP contribution in [0.15, 0.2) is 23.8 Å². The normalized spacial score (nSPS) is 14.6. The number of carbonyl (C=O) groups excluding carboxylic acids is 1. The van der Waals surface area contributed by atoms with Gasteiger partial charge in [0.2, 0.25) is 0 Å².